The summed E-state index contributed by atoms with van der Waals surface area (Å²) in [5.41, 5.74) is 0. The summed E-state index contributed by atoms with van der Waals surface area (Å²) in [7, 11) is 1.70. The van der Waals surface area contributed by atoms with Crippen LogP contribution in [0.5, 0.6) is 0 Å². The number of carbonyl (C=O) groups excluding carboxylic acids is 1. The van der Waals surface area contributed by atoms with Crippen molar-refractivity contribution < 1.29 is 15.0 Å². The topological polar surface area (TPSA) is 72.8 Å². The van der Waals surface area contributed by atoms with E-state index in [4.69, 9.17) is 0 Å². The number of rotatable bonds is 2. The Morgan fingerprint density at radius 3 is 2.31 bits per heavy atom. The number of carbonyl (C=O) groups is 1. The standard InChI is InChI=1S/C8H16N2O3/c1-5(9-2)8(13)10-3-6(11)7(12)4-10/h5-7,9,11-12H,3-4H2,1-2H3/t5-,6?,7?/m0/s1. The van der Waals surface area contributed by atoms with E-state index in [0.29, 0.717) is 0 Å². The third-order valence-electron chi connectivity index (χ3n) is 2.37. The van der Waals surface area contributed by atoms with Gasteiger partial charge < -0.3 is 20.4 Å². The van der Waals surface area contributed by atoms with Gasteiger partial charge >= 0.3 is 0 Å². The van der Waals surface area contributed by atoms with Crippen molar-refractivity contribution in [1.82, 2.24) is 10.2 Å². The molecule has 0 aromatic rings. The molecule has 1 saturated heterocycles. The highest BCUT2D eigenvalue weighted by molar-refractivity contribution is 5.81. The molecule has 13 heavy (non-hydrogen) atoms. The van der Waals surface area contributed by atoms with Gasteiger partial charge in [0, 0.05) is 13.1 Å². The third-order valence-corrected chi connectivity index (χ3v) is 2.37. The minimum atomic E-state index is -0.798. The number of hydrogen-bond acceptors (Lipinski definition) is 4. The molecular formula is C8H16N2O3. The molecule has 5 heteroatoms. The van der Waals surface area contributed by atoms with Crippen LogP contribution in [0.4, 0.5) is 0 Å². The second kappa shape index (κ2) is 4.04. The zero-order chi connectivity index (χ0) is 10.0. The summed E-state index contributed by atoms with van der Waals surface area (Å²) < 4.78 is 0. The molecule has 0 aromatic carbocycles. The average Bonchev–Trinajstić information content (AvgIpc) is 2.44. The van der Waals surface area contributed by atoms with Crippen molar-refractivity contribution in [3.8, 4) is 0 Å². The molecular weight excluding hydrogens is 172 g/mol. The van der Waals surface area contributed by atoms with E-state index >= 15 is 0 Å². The van der Waals surface area contributed by atoms with Crippen LogP contribution in [0.3, 0.4) is 0 Å². The molecule has 3 atom stereocenters. The largest absolute Gasteiger partial charge is 0.388 e. The fourth-order valence-corrected chi connectivity index (χ4v) is 1.35. The lowest BCUT2D eigenvalue weighted by molar-refractivity contribution is -0.132. The van der Waals surface area contributed by atoms with Crippen LogP contribution in [0.1, 0.15) is 6.92 Å². The first-order valence-corrected chi connectivity index (χ1v) is 4.38. The molecule has 5 nitrogen and oxygen atoms in total. The van der Waals surface area contributed by atoms with Gasteiger partial charge in [0.2, 0.25) is 5.91 Å². The zero-order valence-corrected chi connectivity index (χ0v) is 7.90. The maximum Gasteiger partial charge on any atom is 0.239 e. The second-order valence-corrected chi connectivity index (χ2v) is 3.39. The number of hydrogen-bond donors (Lipinski definition) is 3. The molecule has 3 N–H and O–H groups in total. The van der Waals surface area contributed by atoms with Gasteiger partial charge in [-0.3, -0.25) is 4.79 Å². The number of aliphatic hydroxyl groups excluding tert-OH is 2. The van der Waals surface area contributed by atoms with Crippen LogP contribution >= 0.6 is 0 Å². The van der Waals surface area contributed by atoms with Gasteiger partial charge in [0.1, 0.15) is 0 Å². The second-order valence-electron chi connectivity index (χ2n) is 3.39. The van der Waals surface area contributed by atoms with Crippen LogP contribution in [0.25, 0.3) is 0 Å². The van der Waals surface area contributed by atoms with Crippen molar-refractivity contribution in [2.24, 2.45) is 0 Å². The van der Waals surface area contributed by atoms with E-state index in [2.05, 4.69) is 5.32 Å². The number of aliphatic hydroxyl groups is 2. The van der Waals surface area contributed by atoms with E-state index in [-0.39, 0.29) is 25.0 Å². The van der Waals surface area contributed by atoms with Gasteiger partial charge in [0.05, 0.1) is 18.2 Å². The number of likely N-dealkylation sites (N-methyl/N-ethyl adjacent to an activating group) is 1. The maximum absolute atomic E-state index is 11.5. The molecule has 0 bridgehead atoms. The monoisotopic (exact) mass is 188 g/mol. The van der Waals surface area contributed by atoms with Gasteiger partial charge in [-0.05, 0) is 14.0 Å². The number of β-amino-alcohol motifs (C(OH)–C–C–N with tert-alkyl or cyclic N) is 2. The molecule has 0 spiro atoms. The predicted octanol–water partition coefficient (Wildman–Crippen LogP) is -1.84. The number of amides is 1. The van der Waals surface area contributed by atoms with Gasteiger partial charge in [-0.1, -0.05) is 0 Å². The van der Waals surface area contributed by atoms with Crippen LogP contribution in [-0.4, -0.2) is 59.4 Å². The highest BCUT2D eigenvalue weighted by Gasteiger charge is 2.33. The van der Waals surface area contributed by atoms with E-state index in [0.717, 1.165) is 0 Å². The van der Waals surface area contributed by atoms with Crippen molar-refractivity contribution in [3.63, 3.8) is 0 Å². The number of nitrogens with one attached hydrogen (secondary N) is 1. The van der Waals surface area contributed by atoms with E-state index < -0.39 is 12.2 Å². The van der Waals surface area contributed by atoms with Gasteiger partial charge in [-0.25, -0.2) is 0 Å². The molecule has 0 saturated carbocycles. The minimum Gasteiger partial charge on any atom is -0.388 e. The van der Waals surface area contributed by atoms with Gasteiger partial charge in [-0.15, -0.1) is 0 Å². The summed E-state index contributed by atoms with van der Waals surface area (Å²) in [4.78, 5) is 13.0. The first kappa shape index (κ1) is 10.4. The lowest BCUT2D eigenvalue weighted by Crippen LogP contribution is -2.43. The van der Waals surface area contributed by atoms with Gasteiger partial charge in [0.15, 0.2) is 0 Å². The smallest absolute Gasteiger partial charge is 0.239 e. The Bertz CT molecular complexity index is 188. The summed E-state index contributed by atoms with van der Waals surface area (Å²) >= 11 is 0. The Hall–Kier alpha value is -0.650. The van der Waals surface area contributed by atoms with Crippen LogP contribution in [0.15, 0.2) is 0 Å². The van der Waals surface area contributed by atoms with Crippen LogP contribution < -0.4 is 5.32 Å². The predicted molar refractivity (Wildman–Crippen MR) is 47.1 cm³/mol. The lowest BCUT2D eigenvalue weighted by atomic mass is 10.3. The Morgan fingerprint density at radius 2 is 1.92 bits per heavy atom. The molecule has 0 radical (unpaired) electrons. The molecule has 1 fully saturated rings. The van der Waals surface area contributed by atoms with E-state index in [1.165, 1.54) is 4.90 Å². The fraction of sp³-hybridized carbons (Fsp3) is 0.875. The lowest BCUT2D eigenvalue weighted by Gasteiger charge is -2.19. The molecule has 1 aliphatic heterocycles. The summed E-state index contributed by atoms with van der Waals surface area (Å²) in [5.74, 6) is -0.0851. The summed E-state index contributed by atoms with van der Waals surface area (Å²) in [6.45, 7) is 2.21. The van der Waals surface area contributed by atoms with Crippen LogP contribution in [0.2, 0.25) is 0 Å². The van der Waals surface area contributed by atoms with Crippen LogP contribution in [0, 0.1) is 0 Å². The Kier molecular flexibility index (Phi) is 3.24. The quantitative estimate of drug-likeness (QED) is 0.476. The molecule has 1 rings (SSSR count). The summed E-state index contributed by atoms with van der Waals surface area (Å²) in [6, 6.07) is -0.266. The van der Waals surface area contributed by atoms with Crippen LogP contribution in [-0.2, 0) is 4.79 Å². The van der Waals surface area contributed by atoms with E-state index in [1.54, 1.807) is 14.0 Å². The first-order chi connectivity index (χ1) is 6.06. The highest BCUT2D eigenvalue weighted by Crippen LogP contribution is 2.10. The van der Waals surface area contributed by atoms with Crippen molar-refractivity contribution in [1.29, 1.82) is 0 Å². The normalized spacial score (nSPS) is 30.6. The number of likely N-dealkylation sites (tertiary alicyclic amines) is 1. The first-order valence-electron chi connectivity index (χ1n) is 4.38. The van der Waals surface area contributed by atoms with Crippen molar-refractivity contribution in [2.75, 3.05) is 20.1 Å². The Balaban J connectivity index is 2.50. The summed E-state index contributed by atoms with van der Waals surface area (Å²) in [5, 5.41) is 21.2. The van der Waals surface area contributed by atoms with Crippen molar-refractivity contribution in [3.05, 3.63) is 0 Å². The summed E-state index contributed by atoms with van der Waals surface area (Å²) in [6.07, 6.45) is -1.60. The van der Waals surface area contributed by atoms with Gasteiger partial charge in [0.25, 0.3) is 0 Å². The molecule has 1 aliphatic rings. The Labute approximate surface area is 77.3 Å². The van der Waals surface area contributed by atoms with Gasteiger partial charge in [-0.2, -0.15) is 0 Å². The molecule has 0 aromatic heterocycles. The third kappa shape index (κ3) is 2.18. The Morgan fingerprint density at radius 1 is 1.46 bits per heavy atom. The molecule has 76 valence electrons. The molecule has 1 amide bonds. The minimum absolute atomic E-state index is 0.0851. The van der Waals surface area contributed by atoms with E-state index in [9.17, 15) is 15.0 Å². The maximum atomic E-state index is 11.5. The molecule has 0 aliphatic carbocycles. The molecule has 2 unspecified atom stereocenters. The average molecular weight is 188 g/mol. The number of nitrogens with zero attached hydrogens (tertiary/aromatic N) is 1. The highest BCUT2D eigenvalue weighted by atomic mass is 16.3. The van der Waals surface area contributed by atoms with Crippen molar-refractivity contribution >= 4 is 5.91 Å². The van der Waals surface area contributed by atoms with E-state index in [1.807, 2.05) is 0 Å². The molecule has 1 heterocycles. The fourth-order valence-electron chi connectivity index (χ4n) is 1.35. The SMILES string of the molecule is CN[C@@H](C)C(=O)N1CC(O)C(O)C1. The zero-order valence-electron chi connectivity index (χ0n) is 7.90. The van der Waals surface area contributed by atoms with Crippen molar-refractivity contribution in [2.45, 2.75) is 25.2 Å².